The SMILES string of the molecule is CCN(C)C(=O)CC(C)(C)C.Cl. The molecule has 0 aliphatic rings. The highest BCUT2D eigenvalue weighted by molar-refractivity contribution is 5.85. The van der Waals surface area contributed by atoms with Gasteiger partial charge in [-0.2, -0.15) is 0 Å². The Kier molecular flexibility index (Phi) is 6.45. The first-order valence-electron chi connectivity index (χ1n) is 4.11. The molecule has 0 aromatic carbocycles. The van der Waals surface area contributed by atoms with Crippen molar-refractivity contribution in [2.45, 2.75) is 34.1 Å². The summed E-state index contributed by atoms with van der Waals surface area (Å²) in [7, 11) is 1.84. The van der Waals surface area contributed by atoms with Crippen molar-refractivity contribution in [3.8, 4) is 0 Å². The number of carbonyl (C=O) groups is 1. The Bertz CT molecular complexity index is 140. The lowest BCUT2D eigenvalue weighted by Crippen LogP contribution is -2.29. The molecule has 0 spiro atoms. The number of carbonyl (C=O) groups excluding carboxylic acids is 1. The molecule has 0 aromatic rings. The number of halogens is 1. The van der Waals surface area contributed by atoms with Crippen molar-refractivity contribution < 1.29 is 4.79 Å². The van der Waals surface area contributed by atoms with Crippen LogP contribution in [0.1, 0.15) is 34.1 Å². The van der Waals surface area contributed by atoms with E-state index in [2.05, 4.69) is 20.8 Å². The molecule has 0 unspecified atom stereocenters. The van der Waals surface area contributed by atoms with E-state index in [9.17, 15) is 4.79 Å². The van der Waals surface area contributed by atoms with Gasteiger partial charge in [0.15, 0.2) is 0 Å². The van der Waals surface area contributed by atoms with Gasteiger partial charge in [-0.25, -0.2) is 0 Å². The molecule has 0 radical (unpaired) electrons. The second-order valence-electron chi connectivity index (χ2n) is 4.15. The minimum Gasteiger partial charge on any atom is -0.346 e. The van der Waals surface area contributed by atoms with Gasteiger partial charge in [0.1, 0.15) is 0 Å². The number of hydrogen-bond donors (Lipinski definition) is 0. The summed E-state index contributed by atoms with van der Waals surface area (Å²) in [6.07, 6.45) is 0.636. The van der Waals surface area contributed by atoms with E-state index >= 15 is 0 Å². The van der Waals surface area contributed by atoms with Crippen molar-refractivity contribution in [3.63, 3.8) is 0 Å². The standard InChI is InChI=1S/C9H19NO.ClH/c1-6-10(5)8(11)7-9(2,3)4;/h6-7H2,1-5H3;1H. The Balaban J connectivity index is 0. The van der Waals surface area contributed by atoms with Gasteiger partial charge in [0, 0.05) is 20.0 Å². The van der Waals surface area contributed by atoms with Crippen molar-refractivity contribution in [3.05, 3.63) is 0 Å². The average Bonchev–Trinajstić information content (AvgIpc) is 1.82. The van der Waals surface area contributed by atoms with Gasteiger partial charge in [0.05, 0.1) is 0 Å². The number of hydrogen-bond acceptors (Lipinski definition) is 1. The number of rotatable bonds is 2. The third-order valence-electron chi connectivity index (χ3n) is 1.58. The largest absolute Gasteiger partial charge is 0.346 e. The van der Waals surface area contributed by atoms with Crippen LogP contribution in [0.15, 0.2) is 0 Å². The Labute approximate surface area is 81.7 Å². The fraction of sp³-hybridized carbons (Fsp3) is 0.889. The van der Waals surface area contributed by atoms with Crippen molar-refractivity contribution >= 4 is 18.3 Å². The Hall–Kier alpha value is -0.240. The summed E-state index contributed by atoms with van der Waals surface area (Å²) >= 11 is 0. The highest BCUT2D eigenvalue weighted by Crippen LogP contribution is 2.19. The Morgan fingerprint density at radius 3 is 2.00 bits per heavy atom. The van der Waals surface area contributed by atoms with Gasteiger partial charge in [-0.05, 0) is 12.3 Å². The van der Waals surface area contributed by atoms with E-state index < -0.39 is 0 Å². The second-order valence-corrected chi connectivity index (χ2v) is 4.15. The molecule has 0 aromatic heterocycles. The molecule has 0 rings (SSSR count). The zero-order chi connectivity index (χ0) is 9.07. The molecule has 3 heteroatoms. The molecule has 0 N–H and O–H groups in total. The maximum atomic E-state index is 11.3. The third-order valence-corrected chi connectivity index (χ3v) is 1.58. The smallest absolute Gasteiger partial charge is 0.222 e. The minimum atomic E-state index is 0. The maximum Gasteiger partial charge on any atom is 0.222 e. The topological polar surface area (TPSA) is 20.3 Å². The van der Waals surface area contributed by atoms with Crippen molar-refractivity contribution in [1.29, 1.82) is 0 Å². The van der Waals surface area contributed by atoms with E-state index in [1.165, 1.54) is 0 Å². The van der Waals surface area contributed by atoms with E-state index in [4.69, 9.17) is 0 Å². The Morgan fingerprint density at radius 1 is 1.33 bits per heavy atom. The molecule has 0 atom stereocenters. The van der Waals surface area contributed by atoms with Crippen LogP contribution in [0.2, 0.25) is 0 Å². The molecular weight excluding hydrogens is 174 g/mol. The molecule has 2 nitrogen and oxygen atoms in total. The summed E-state index contributed by atoms with van der Waals surface area (Å²) in [5.41, 5.74) is 0.112. The third kappa shape index (κ3) is 6.47. The number of amides is 1. The second kappa shape index (κ2) is 5.41. The van der Waals surface area contributed by atoms with Gasteiger partial charge < -0.3 is 4.90 Å². The molecular formula is C9H20ClNO. The van der Waals surface area contributed by atoms with Crippen molar-refractivity contribution in [2.24, 2.45) is 5.41 Å². The average molecular weight is 194 g/mol. The summed E-state index contributed by atoms with van der Waals surface area (Å²) in [6, 6.07) is 0. The minimum absolute atomic E-state index is 0. The van der Waals surface area contributed by atoms with Crippen LogP contribution < -0.4 is 0 Å². The molecule has 0 saturated heterocycles. The van der Waals surface area contributed by atoms with Crippen LogP contribution in [-0.4, -0.2) is 24.4 Å². The van der Waals surface area contributed by atoms with Gasteiger partial charge in [-0.15, -0.1) is 12.4 Å². The van der Waals surface area contributed by atoms with Crippen molar-refractivity contribution in [1.82, 2.24) is 4.90 Å². The van der Waals surface area contributed by atoms with E-state index in [-0.39, 0.29) is 23.7 Å². The Morgan fingerprint density at radius 2 is 1.75 bits per heavy atom. The molecule has 0 bridgehead atoms. The van der Waals surface area contributed by atoms with Crippen LogP contribution in [-0.2, 0) is 4.79 Å². The van der Waals surface area contributed by atoms with E-state index in [1.807, 2.05) is 14.0 Å². The predicted molar refractivity (Wildman–Crippen MR) is 54.6 cm³/mol. The monoisotopic (exact) mass is 193 g/mol. The molecule has 0 aliphatic heterocycles. The van der Waals surface area contributed by atoms with E-state index in [0.717, 1.165) is 6.54 Å². The van der Waals surface area contributed by atoms with Gasteiger partial charge in [0.2, 0.25) is 5.91 Å². The first-order valence-corrected chi connectivity index (χ1v) is 4.11. The summed E-state index contributed by atoms with van der Waals surface area (Å²) < 4.78 is 0. The lowest BCUT2D eigenvalue weighted by Gasteiger charge is -2.21. The van der Waals surface area contributed by atoms with Gasteiger partial charge in [-0.3, -0.25) is 4.79 Å². The zero-order valence-electron chi connectivity index (χ0n) is 8.68. The van der Waals surface area contributed by atoms with Crippen LogP contribution in [0.5, 0.6) is 0 Å². The number of nitrogens with zero attached hydrogens (tertiary/aromatic N) is 1. The van der Waals surface area contributed by atoms with Crippen LogP contribution in [0.4, 0.5) is 0 Å². The molecule has 0 heterocycles. The summed E-state index contributed by atoms with van der Waals surface area (Å²) in [5.74, 6) is 0.236. The highest BCUT2D eigenvalue weighted by atomic mass is 35.5. The fourth-order valence-electron chi connectivity index (χ4n) is 0.765. The molecule has 12 heavy (non-hydrogen) atoms. The van der Waals surface area contributed by atoms with Crippen LogP contribution in [0.3, 0.4) is 0 Å². The lowest BCUT2D eigenvalue weighted by atomic mass is 9.92. The van der Waals surface area contributed by atoms with E-state index in [1.54, 1.807) is 4.90 Å². The normalized spacial score (nSPS) is 10.4. The molecule has 0 aliphatic carbocycles. The maximum absolute atomic E-state index is 11.3. The zero-order valence-corrected chi connectivity index (χ0v) is 9.49. The lowest BCUT2D eigenvalue weighted by molar-refractivity contribution is -0.131. The quantitative estimate of drug-likeness (QED) is 0.659. The fourth-order valence-corrected chi connectivity index (χ4v) is 0.765. The summed E-state index contributed by atoms with van der Waals surface area (Å²) in [6.45, 7) is 9.02. The molecule has 1 amide bonds. The molecule has 74 valence electrons. The first-order chi connectivity index (χ1) is 4.87. The van der Waals surface area contributed by atoms with E-state index in [0.29, 0.717) is 6.42 Å². The van der Waals surface area contributed by atoms with Crippen LogP contribution in [0.25, 0.3) is 0 Å². The van der Waals surface area contributed by atoms with Crippen molar-refractivity contribution in [2.75, 3.05) is 13.6 Å². The predicted octanol–water partition coefficient (Wildman–Crippen LogP) is 2.32. The summed E-state index contributed by atoms with van der Waals surface area (Å²) in [4.78, 5) is 13.1. The molecule has 0 saturated carbocycles. The van der Waals surface area contributed by atoms with Gasteiger partial charge in [-0.1, -0.05) is 20.8 Å². The summed E-state index contributed by atoms with van der Waals surface area (Å²) in [5, 5.41) is 0. The first kappa shape index (κ1) is 14.3. The highest BCUT2D eigenvalue weighted by Gasteiger charge is 2.17. The van der Waals surface area contributed by atoms with Crippen LogP contribution in [0, 0.1) is 5.41 Å². The molecule has 0 fully saturated rings. The van der Waals surface area contributed by atoms with Gasteiger partial charge >= 0.3 is 0 Å². The van der Waals surface area contributed by atoms with Crippen LogP contribution >= 0.6 is 12.4 Å². The van der Waals surface area contributed by atoms with Gasteiger partial charge in [0.25, 0.3) is 0 Å².